The van der Waals surface area contributed by atoms with E-state index in [0.29, 0.717) is 23.7 Å². The second-order valence-electron chi connectivity index (χ2n) is 16.9. The molecule has 6 aliphatic rings. The normalized spacial score (nSPS) is 49.9. The third kappa shape index (κ3) is 3.55. The molecule has 0 unspecified atom stereocenters. The Morgan fingerprint density at radius 1 is 0.825 bits per heavy atom. The van der Waals surface area contributed by atoms with E-state index in [1.807, 2.05) is 0 Å². The molecule has 0 spiro atoms. The molecule has 2 bridgehead atoms. The van der Waals surface area contributed by atoms with Crippen molar-refractivity contribution in [2.24, 2.45) is 56.2 Å². The average molecular weight is 557 g/mol. The SMILES string of the molecule is CC1(C)CC[C@@]23CC[C@]4(C)[C@@H](CC[C@@H]5[C@@]6(C)CC[C@@H](OC(=O)CCC(=O)O)C(C)(C)[C@@H]6CC[C@]54C)[C@H]2[C@H]1OC3=O. The molecule has 1 heterocycles. The van der Waals surface area contributed by atoms with Gasteiger partial charge in [-0.05, 0) is 98.2 Å². The molecule has 6 rings (SSSR count). The van der Waals surface area contributed by atoms with Crippen LogP contribution in [0.5, 0.6) is 0 Å². The molecule has 1 saturated heterocycles. The number of carboxylic acid groups (broad SMARTS) is 1. The topological polar surface area (TPSA) is 89.9 Å². The Bertz CT molecular complexity index is 1110. The summed E-state index contributed by atoms with van der Waals surface area (Å²) >= 11 is 0. The van der Waals surface area contributed by atoms with Gasteiger partial charge in [0.15, 0.2) is 0 Å². The van der Waals surface area contributed by atoms with E-state index in [1.54, 1.807) is 0 Å². The molecule has 0 radical (unpaired) electrons. The second kappa shape index (κ2) is 8.72. The van der Waals surface area contributed by atoms with Gasteiger partial charge in [-0.25, -0.2) is 0 Å². The maximum absolute atomic E-state index is 13.4. The summed E-state index contributed by atoms with van der Waals surface area (Å²) < 4.78 is 12.3. The fourth-order valence-electron chi connectivity index (χ4n) is 12.4. The lowest BCUT2D eigenvalue weighted by molar-refractivity contribution is -0.254. The molecule has 224 valence electrons. The number of carboxylic acids is 1. The van der Waals surface area contributed by atoms with Gasteiger partial charge in [0.1, 0.15) is 12.2 Å². The van der Waals surface area contributed by atoms with Crippen molar-refractivity contribution in [3.8, 4) is 0 Å². The molecule has 1 aliphatic heterocycles. The van der Waals surface area contributed by atoms with Crippen molar-refractivity contribution in [1.82, 2.24) is 0 Å². The summed E-state index contributed by atoms with van der Waals surface area (Å²) in [6, 6.07) is 0. The number of aliphatic carboxylic acids is 1. The maximum Gasteiger partial charge on any atom is 0.312 e. The van der Waals surface area contributed by atoms with Crippen molar-refractivity contribution in [3.05, 3.63) is 0 Å². The molecule has 0 aromatic heterocycles. The van der Waals surface area contributed by atoms with Gasteiger partial charge >= 0.3 is 17.9 Å². The molecule has 5 saturated carbocycles. The highest BCUT2D eigenvalue weighted by Crippen LogP contribution is 2.78. The highest BCUT2D eigenvalue weighted by Gasteiger charge is 2.75. The van der Waals surface area contributed by atoms with Gasteiger partial charge in [0.25, 0.3) is 0 Å². The smallest absolute Gasteiger partial charge is 0.312 e. The first-order valence-electron chi connectivity index (χ1n) is 16.2. The first-order valence-corrected chi connectivity index (χ1v) is 16.2. The van der Waals surface area contributed by atoms with Crippen LogP contribution in [0.25, 0.3) is 0 Å². The summed E-state index contributed by atoms with van der Waals surface area (Å²) in [7, 11) is 0. The zero-order valence-electron chi connectivity index (χ0n) is 25.9. The molecule has 5 aliphatic carbocycles. The molecule has 0 aromatic carbocycles. The molecule has 6 nitrogen and oxygen atoms in total. The Balaban J connectivity index is 1.28. The first kappa shape index (κ1) is 28.5. The minimum Gasteiger partial charge on any atom is -0.481 e. The van der Waals surface area contributed by atoms with E-state index in [1.165, 1.54) is 19.3 Å². The molecule has 6 heteroatoms. The number of rotatable bonds is 4. The lowest BCUT2D eigenvalue weighted by Gasteiger charge is -2.73. The minimum atomic E-state index is -0.961. The molecule has 10 atom stereocenters. The monoisotopic (exact) mass is 556 g/mol. The number of ether oxygens (including phenoxy) is 2. The standard InChI is InChI=1S/C34H52O6/c1-29(2)16-18-34-19-17-32(6)20(26(34)27(29)40-28(34)38)8-9-22-31(5)14-13-23(39-25(37)11-10-24(35)36)30(3,4)21(31)12-15-33(22,32)7/h20-23,26-27H,8-19H2,1-7H3,(H,35,36)/t20-,21-,22+,23+,26-,27+,31-,32+,33+,34+/m0/s1. The number of esters is 2. The van der Waals surface area contributed by atoms with Crippen LogP contribution in [0, 0.1) is 56.2 Å². The average Bonchev–Trinajstić information content (AvgIpc) is 3.12. The number of carbonyl (C=O) groups is 3. The van der Waals surface area contributed by atoms with Gasteiger partial charge in [0.2, 0.25) is 0 Å². The lowest BCUT2D eigenvalue weighted by atomic mass is 9.31. The van der Waals surface area contributed by atoms with Crippen LogP contribution in [-0.4, -0.2) is 35.2 Å². The van der Waals surface area contributed by atoms with Crippen molar-refractivity contribution in [3.63, 3.8) is 0 Å². The Kier molecular flexibility index (Phi) is 6.22. The summed E-state index contributed by atoms with van der Waals surface area (Å²) in [4.78, 5) is 37.0. The summed E-state index contributed by atoms with van der Waals surface area (Å²) in [6.45, 7) is 16.9. The largest absolute Gasteiger partial charge is 0.481 e. The molecule has 40 heavy (non-hydrogen) atoms. The summed E-state index contributed by atoms with van der Waals surface area (Å²) in [5.41, 5.74) is 0.189. The predicted octanol–water partition coefficient (Wildman–Crippen LogP) is 7.18. The summed E-state index contributed by atoms with van der Waals surface area (Å²) in [5.74, 6) is 0.697. The fraction of sp³-hybridized carbons (Fsp3) is 0.912. The molecule has 1 N–H and O–H groups in total. The van der Waals surface area contributed by atoms with E-state index in [0.717, 1.165) is 44.9 Å². The van der Waals surface area contributed by atoms with Crippen LogP contribution in [0.15, 0.2) is 0 Å². The number of hydrogen-bond donors (Lipinski definition) is 1. The minimum absolute atomic E-state index is 0.0459. The van der Waals surface area contributed by atoms with Crippen molar-refractivity contribution >= 4 is 17.9 Å². The van der Waals surface area contributed by atoms with Gasteiger partial charge in [-0.15, -0.1) is 0 Å². The van der Waals surface area contributed by atoms with Crippen molar-refractivity contribution in [2.45, 2.75) is 138 Å². The van der Waals surface area contributed by atoms with Gasteiger partial charge in [-0.1, -0.05) is 48.5 Å². The highest BCUT2D eigenvalue weighted by molar-refractivity contribution is 5.81. The van der Waals surface area contributed by atoms with Gasteiger partial charge in [0.05, 0.1) is 18.3 Å². The Labute approximate surface area is 240 Å². The lowest BCUT2D eigenvalue weighted by Crippen LogP contribution is -2.68. The predicted molar refractivity (Wildman–Crippen MR) is 151 cm³/mol. The van der Waals surface area contributed by atoms with Crippen LogP contribution in [0.3, 0.4) is 0 Å². The van der Waals surface area contributed by atoms with Crippen LogP contribution >= 0.6 is 0 Å². The molecule has 6 fully saturated rings. The van der Waals surface area contributed by atoms with Gasteiger partial charge in [0, 0.05) is 16.7 Å². The quantitative estimate of drug-likeness (QED) is 0.369. The van der Waals surface area contributed by atoms with Crippen molar-refractivity contribution in [2.75, 3.05) is 0 Å². The highest BCUT2D eigenvalue weighted by atomic mass is 16.6. The summed E-state index contributed by atoms with van der Waals surface area (Å²) in [6.07, 6.45) is 10.4. The van der Waals surface area contributed by atoms with E-state index < -0.39 is 5.97 Å². The Hall–Kier alpha value is -1.59. The van der Waals surface area contributed by atoms with Crippen LogP contribution in [0.4, 0.5) is 0 Å². The van der Waals surface area contributed by atoms with Gasteiger partial charge < -0.3 is 14.6 Å². The second-order valence-corrected chi connectivity index (χ2v) is 16.9. The van der Waals surface area contributed by atoms with Crippen molar-refractivity contribution < 1.29 is 29.0 Å². The molecule has 0 amide bonds. The van der Waals surface area contributed by atoms with Gasteiger partial charge in [-0.2, -0.15) is 0 Å². The van der Waals surface area contributed by atoms with E-state index in [4.69, 9.17) is 14.6 Å². The Morgan fingerprint density at radius 3 is 2.23 bits per heavy atom. The summed E-state index contributed by atoms with van der Waals surface area (Å²) in [5, 5.41) is 9.00. The van der Waals surface area contributed by atoms with Gasteiger partial charge in [-0.3, -0.25) is 14.4 Å². The third-order valence-corrected chi connectivity index (χ3v) is 14.8. The van der Waals surface area contributed by atoms with E-state index in [-0.39, 0.29) is 69.5 Å². The van der Waals surface area contributed by atoms with Crippen molar-refractivity contribution in [1.29, 1.82) is 0 Å². The number of carbonyl (C=O) groups excluding carboxylic acids is 2. The first-order chi connectivity index (χ1) is 18.5. The third-order valence-electron chi connectivity index (χ3n) is 14.8. The van der Waals surface area contributed by atoms with E-state index >= 15 is 0 Å². The van der Waals surface area contributed by atoms with E-state index in [2.05, 4.69) is 48.5 Å². The molecular weight excluding hydrogens is 504 g/mol. The number of hydrogen-bond acceptors (Lipinski definition) is 5. The van der Waals surface area contributed by atoms with Crippen LogP contribution < -0.4 is 0 Å². The zero-order valence-corrected chi connectivity index (χ0v) is 25.9. The zero-order chi connectivity index (χ0) is 29.1. The fourth-order valence-corrected chi connectivity index (χ4v) is 12.4. The van der Waals surface area contributed by atoms with Crippen LogP contribution in [-0.2, 0) is 23.9 Å². The van der Waals surface area contributed by atoms with E-state index in [9.17, 15) is 14.4 Å². The Morgan fingerprint density at radius 2 is 1.52 bits per heavy atom. The molecular formula is C34H52O6. The van der Waals surface area contributed by atoms with Crippen LogP contribution in [0.2, 0.25) is 0 Å². The maximum atomic E-state index is 13.4. The van der Waals surface area contributed by atoms with Crippen LogP contribution in [0.1, 0.15) is 126 Å². The number of fused-ring (bicyclic) bond motifs is 5. The molecule has 0 aromatic rings.